The number of fused-ring (bicyclic) bond motifs is 1. The molecule has 2 heterocycles. The molecule has 0 fully saturated rings. The van der Waals surface area contributed by atoms with Gasteiger partial charge in [-0.1, -0.05) is 12.1 Å². The van der Waals surface area contributed by atoms with Crippen LogP contribution in [0.4, 0.5) is 19.0 Å². The third kappa shape index (κ3) is 3.16. The fourth-order valence-corrected chi connectivity index (χ4v) is 2.73. The first-order valence-electron chi connectivity index (χ1n) is 7.86. The lowest BCUT2D eigenvalue weighted by Gasteiger charge is -2.21. The molecule has 0 spiro atoms. The molecule has 0 atom stereocenters. The minimum absolute atomic E-state index is 0.108. The Labute approximate surface area is 148 Å². The van der Waals surface area contributed by atoms with Gasteiger partial charge in [0.05, 0.1) is 7.11 Å². The molecule has 0 N–H and O–H groups in total. The van der Waals surface area contributed by atoms with Gasteiger partial charge in [-0.05, 0) is 31.5 Å². The molecule has 2 aromatic heterocycles. The number of anilines is 1. The smallest absolute Gasteiger partial charge is 0.453 e. The minimum Gasteiger partial charge on any atom is -0.497 e. The maximum Gasteiger partial charge on any atom is 0.453 e. The molecule has 3 rings (SSSR count). The lowest BCUT2D eigenvalue weighted by Crippen LogP contribution is -2.22. The summed E-state index contributed by atoms with van der Waals surface area (Å²) in [6.07, 6.45) is -4.63. The first-order chi connectivity index (χ1) is 12.2. The maximum absolute atomic E-state index is 13.1. The van der Waals surface area contributed by atoms with Crippen molar-refractivity contribution in [2.45, 2.75) is 26.6 Å². The number of rotatable bonds is 4. The Morgan fingerprint density at radius 2 is 1.73 bits per heavy atom. The van der Waals surface area contributed by atoms with Gasteiger partial charge < -0.3 is 9.64 Å². The molecule has 0 bridgehead atoms. The van der Waals surface area contributed by atoms with Crippen molar-refractivity contribution in [3.63, 3.8) is 0 Å². The van der Waals surface area contributed by atoms with Gasteiger partial charge in [-0.25, -0.2) is 0 Å². The second-order valence-corrected chi connectivity index (χ2v) is 6.03. The number of halogens is 3. The molecule has 0 amide bonds. The highest BCUT2D eigenvalue weighted by molar-refractivity contribution is 5.59. The van der Waals surface area contributed by atoms with E-state index in [2.05, 4.69) is 15.3 Å². The van der Waals surface area contributed by atoms with E-state index in [0.29, 0.717) is 17.9 Å². The molecule has 0 radical (unpaired) electrons. The molecule has 0 aliphatic rings. The first-order valence-corrected chi connectivity index (χ1v) is 7.86. The summed E-state index contributed by atoms with van der Waals surface area (Å²) in [5, 5.41) is 11.1. The number of ether oxygens (including phenoxy) is 1. The summed E-state index contributed by atoms with van der Waals surface area (Å²) in [7, 11) is 3.37. The van der Waals surface area contributed by atoms with Crippen molar-refractivity contribution < 1.29 is 17.9 Å². The van der Waals surface area contributed by atoms with Crippen LogP contribution in [0.2, 0.25) is 0 Å². The van der Waals surface area contributed by atoms with E-state index >= 15 is 0 Å². The van der Waals surface area contributed by atoms with Gasteiger partial charge in [-0.2, -0.15) is 17.7 Å². The van der Waals surface area contributed by atoms with Crippen molar-refractivity contribution in [3.8, 4) is 5.75 Å². The fourth-order valence-electron chi connectivity index (χ4n) is 2.73. The molecule has 0 aliphatic heterocycles. The lowest BCUT2D eigenvalue weighted by molar-refractivity contribution is -0.146. The summed E-state index contributed by atoms with van der Waals surface area (Å²) in [5.41, 5.74) is 2.46. The second kappa shape index (κ2) is 6.47. The highest BCUT2D eigenvalue weighted by Gasteiger charge is 2.38. The molecule has 26 heavy (non-hydrogen) atoms. The van der Waals surface area contributed by atoms with Crippen LogP contribution >= 0.6 is 0 Å². The van der Waals surface area contributed by atoms with E-state index in [0.717, 1.165) is 21.4 Å². The number of hydrogen-bond acceptors (Lipinski definition) is 5. The summed E-state index contributed by atoms with van der Waals surface area (Å²) in [6.45, 7) is 4.00. The van der Waals surface area contributed by atoms with Gasteiger partial charge in [0, 0.05) is 24.7 Å². The van der Waals surface area contributed by atoms with Gasteiger partial charge in [-0.3, -0.25) is 0 Å². The van der Waals surface area contributed by atoms with Crippen LogP contribution in [0.15, 0.2) is 24.3 Å². The highest BCUT2D eigenvalue weighted by Crippen LogP contribution is 2.30. The molecule has 9 heteroatoms. The van der Waals surface area contributed by atoms with E-state index in [4.69, 9.17) is 4.74 Å². The number of aromatic nitrogens is 4. The van der Waals surface area contributed by atoms with Crippen LogP contribution < -0.4 is 9.64 Å². The molecule has 0 saturated carbocycles. The van der Waals surface area contributed by atoms with Crippen LogP contribution in [-0.2, 0) is 12.7 Å². The molecule has 3 aromatic rings. The predicted octanol–water partition coefficient (Wildman–Crippen LogP) is 3.40. The number of aryl methyl sites for hydroxylation is 1. The molecule has 138 valence electrons. The zero-order valence-corrected chi connectivity index (χ0v) is 14.8. The third-order valence-corrected chi connectivity index (χ3v) is 4.26. The molecule has 0 saturated heterocycles. The molecule has 6 nitrogen and oxygen atoms in total. The summed E-state index contributed by atoms with van der Waals surface area (Å²) in [6, 6.07) is 7.46. The van der Waals surface area contributed by atoms with Crippen molar-refractivity contribution in [2.75, 3.05) is 19.1 Å². The first kappa shape index (κ1) is 18.0. The predicted molar refractivity (Wildman–Crippen MR) is 90.4 cm³/mol. The number of methoxy groups -OCH3 is 1. The van der Waals surface area contributed by atoms with Gasteiger partial charge in [0.15, 0.2) is 11.5 Å². The normalized spacial score (nSPS) is 11.8. The average molecular weight is 365 g/mol. The summed E-state index contributed by atoms with van der Waals surface area (Å²) in [4.78, 5) is 1.80. The third-order valence-electron chi connectivity index (χ3n) is 4.26. The van der Waals surface area contributed by atoms with Crippen LogP contribution in [0.3, 0.4) is 0 Å². The SMILES string of the molecule is COc1ccc(CN(C)c2nn3c(C(F)(F)F)nnc3c(C)c2C)cc1. The number of benzene rings is 1. The Morgan fingerprint density at radius 3 is 2.31 bits per heavy atom. The van der Waals surface area contributed by atoms with Gasteiger partial charge in [-0.15, -0.1) is 15.3 Å². The van der Waals surface area contributed by atoms with Crippen LogP contribution in [-0.4, -0.2) is 34.0 Å². The Kier molecular flexibility index (Phi) is 4.47. The molecule has 0 unspecified atom stereocenters. The standard InChI is InChI=1S/C17H18F3N5O/c1-10-11(2)15(23-25-14(10)21-22-16(25)17(18,19)20)24(3)9-12-5-7-13(26-4)8-6-12/h5-8H,9H2,1-4H3. The van der Waals surface area contributed by atoms with E-state index in [9.17, 15) is 13.2 Å². The van der Waals surface area contributed by atoms with Gasteiger partial charge in [0.25, 0.3) is 5.82 Å². The van der Waals surface area contributed by atoms with E-state index in [1.54, 1.807) is 26.0 Å². The fraction of sp³-hybridized carbons (Fsp3) is 0.353. The Balaban J connectivity index is 2.01. The average Bonchev–Trinajstić information content (AvgIpc) is 3.03. The van der Waals surface area contributed by atoms with Crippen LogP contribution in [0.5, 0.6) is 5.75 Å². The lowest BCUT2D eigenvalue weighted by atomic mass is 10.1. The topological polar surface area (TPSA) is 55.5 Å². The summed E-state index contributed by atoms with van der Waals surface area (Å²) < 4.78 is 45.3. The number of hydrogen-bond donors (Lipinski definition) is 0. The van der Waals surface area contributed by atoms with Crippen molar-refractivity contribution in [3.05, 3.63) is 46.8 Å². The largest absolute Gasteiger partial charge is 0.497 e. The maximum atomic E-state index is 13.1. The quantitative estimate of drug-likeness (QED) is 0.709. The molecular formula is C17H18F3N5O. The van der Waals surface area contributed by atoms with Crippen LogP contribution in [0.1, 0.15) is 22.5 Å². The van der Waals surface area contributed by atoms with E-state index < -0.39 is 12.0 Å². The van der Waals surface area contributed by atoms with Gasteiger partial charge in [0.2, 0.25) is 0 Å². The Hall–Kier alpha value is -2.84. The Bertz CT molecular complexity index is 934. The molecule has 0 aliphatic carbocycles. The van der Waals surface area contributed by atoms with E-state index in [1.807, 2.05) is 31.2 Å². The number of nitrogens with zero attached hydrogens (tertiary/aromatic N) is 5. The van der Waals surface area contributed by atoms with Gasteiger partial charge in [0.1, 0.15) is 5.75 Å². The molecular weight excluding hydrogens is 347 g/mol. The molecule has 1 aromatic carbocycles. The van der Waals surface area contributed by atoms with Crippen molar-refractivity contribution in [1.29, 1.82) is 0 Å². The summed E-state index contributed by atoms with van der Waals surface area (Å²) in [5.74, 6) is 0.0492. The number of alkyl halides is 3. The zero-order valence-electron chi connectivity index (χ0n) is 14.8. The van der Waals surface area contributed by atoms with Crippen LogP contribution in [0.25, 0.3) is 5.65 Å². The van der Waals surface area contributed by atoms with Crippen molar-refractivity contribution in [1.82, 2.24) is 19.8 Å². The second-order valence-electron chi connectivity index (χ2n) is 6.03. The summed E-state index contributed by atoms with van der Waals surface area (Å²) >= 11 is 0. The van der Waals surface area contributed by atoms with Gasteiger partial charge >= 0.3 is 6.18 Å². The van der Waals surface area contributed by atoms with Crippen molar-refractivity contribution in [2.24, 2.45) is 0 Å². The van der Waals surface area contributed by atoms with Crippen LogP contribution in [0, 0.1) is 13.8 Å². The minimum atomic E-state index is -4.63. The zero-order chi connectivity index (χ0) is 19.1. The monoisotopic (exact) mass is 365 g/mol. The van der Waals surface area contributed by atoms with E-state index in [-0.39, 0.29) is 5.65 Å². The Morgan fingerprint density at radius 1 is 1.08 bits per heavy atom. The van der Waals surface area contributed by atoms with Crippen molar-refractivity contribution >= 4 is 11.5 Å². The highest BCUT2D eigenvalue weighted by atomic mass is 19.4. The van der Waals surface area contributed by atoms with E-state index in [1.165, 1.54) is 0 Å².